The zero-order valence-corrected chi connectivity index (χ0v) is 12.1. The van der Waals surface area contributed by atoms with E-state index in [0.29, 0.717) is 5.92 Å². The van der Waals surface area contributed by atoms with Crippen molar-refractivity contribution in [2.45, 2.75) is 57.0 Å². The van der Waals surface area contributed by atoms with Crippen LogP contribution >= 0.6 is 0 Å². The molecule has 4 heteroatoms. The topological polar surface area (TPSA) is 49.6 Å². The predicted molar refractivity (Wildman–Crippen MR) is 75.7 cm³/mol. The maximum atomic E-state index is 12.7. The van der Waals surface area contributed by atoms with Gasteiger partial charge in [0.15, 0.2) is 0 Å². The lowest BCUT2D eigenvalue weighted by molar-refractivity contribution is -0.140. The molecule has 19 heavy (non-hydrogen) atoms. The number of amides is 1. The number of rotatable bonds is 2. The van der Waals surface area contributed by atoms with Gasteiger partial charge in [-0.05, 0) is 31.6 Å². The van der Waals surface area contributed by atoms with E-state index in [0.717, 1.165) is 51.5 Å². The number of nitrogens with zero attached hydrogens (tertiary/aromatic N) is 2. The molecule has 2 aliphatic carbocycles. The van der Waals surface area contributed by atoms with Crippen molar-refractivity contribution in [3.63, 3.8) is 0 Å². The fraction of sp³-hybridized carbons (Fsp3) is 0.933. The molecule has 0 spiro atoms. The zero-order valence-electron chi connectivity index (χ0n) is 12.1. The monoisotopic (exact) mass is 265 g/mol. The Morgan fingerprint density at radius 3 is 2.42 bits per heavy atom. The standard InChI is InChI=1S/C15H27N3O/c1-12-3-2-6-15(16,11-12)14(19)18-9-7-17(8-10-18)13-4-5-13/h12-13H,2-11,16H2,1H3. The van der Waals surface area contributed by atoms with E-state index >= 15 is 0 Å². The van der Waals surface area contributed by atoms with Gasteiger partial charge in [0, 0.05) is 32.2 Å². The van der Waals surface area contributed by atoms with Crippen LogP contribution in [0, 0.1) is 5.92 Å². The molecule has 1 saturated heterocycles. The van der Waals surface area contributed by atoms with Crippen LogP contribution in [0.25, 0.3) is 0 Å². The first kappa shape index (κ1) is 13.4. The van der Waals surface area contributed by atoms with Crippen molar-refractivity contribution < 1.29 is 4.79 Å². The summed E-state index contributed by atoms with van der Waals surface area (Å²) < 4.78 is 0. The van der Waals surface area contributed by atoms with Crippen molar-refractivity contribution in [1.82, 2.24) is 9.80 Å². The molecule has 1 amide bonds. The Morgan fingerprint density at radius 2 is 1.84 bits per heavy atom. The first-order valence-corrected chi connectivity index (χ1v) is 7.91. The molecular weight excluding hydrogens is 238 g/mol. The Bertz CT molecular complexity index is 347. The average Bonchev–Trinajstić information content (AvgIpc) is 3.22. The van der Waals surface area contributed by atoms with Crippen molar-refractivity contribution in [2.24, 2.45) is 11.7 Å². The molecule has 2 N–H and O–H groups in total. The number of hydrogen-bond donors (Lipinski definition) is 1. The van der Waals surface area contributed by atoms with Gasteiger partial charge in [-0.15, -0.1) is 0 Å². The van der Waals surface area contributed by atoms with Gasteiger partial charge in [-0.2, -0.15) is 0 Å². The highest BCUT2D eigenvalue weighted by molar-refractivity contribution is 5.86. The van der Waals surface area contributed by atoms with Gasteiger partial charge in [0.25, 0.3) is 0 Å². The van der Waals surface area contributed by atoms with E-state index in [1.165, 1.54) is 19.3 Å². The Balaban J connectivity index is 1.57. The van der Waals surface area contributed by atoms with E-state index < -0.39 is 5.54 Å². The number of nitrogens with two attached hydrogens (primary N) is 1. The molecule has 0 aromatic carbocycles. The molecule has 0 radical (unpaired) electrons. The van der Waals surface area contributed by atoms with Crippen molar-refractivity contribution in [3.05, 3.63) is 0 Å². The summed E-state index contributed by atoms with van der Waals surface area (Å²) in [6.07, 6.45) is 6.78. The Hall–Kier alpha value is -0.610. The highest BCUT2D eigenvalue weighted by atomic mass is 16.2. The van der Waals surface area contributed by atoms with Crippen molar-refractivity contribution >= 4 is 5.91 Å². The maximum absolute atomic E-state index is 12.7. The summed E-state index contributed by atoms with van der Waals surface area (Å²) in [6, 6.07) is 0.818. The van der Waals surface area contributed by atoms with E-state index in [1.807, 2.05) is 4.90 Å². The van der Waals surface area contributed by atoms with Gasteiger partial charge in [-0.25, -0.2) is 0 Å². The molecule has 1 heterocycles. The summed E-state index contributed by atoms with van der Waals surface area (Å²) in [7, 11) is 0. The van der Waals surface area contributed by atoms with Crippen LogP contribution in [0.4, 0.5) is 0 Å². The van der Waals surface area contributed by atoms with Crippen LogP contribution in [0.15, 0.2) is 0 Å². The highest BCUT2D eigenvalue weighted by Crippen LogP contribution is 2.33. The summed E-state index contributed by atoms with van der Waals surface area (Å²) >= 11 is 0. The van der Waals surface area contributed by atoms with Crippen LogP contribution in [0.5, 0.6) is 0 Å². The van der Waals surface area contributed by atoms with E-state index in [2.05, 4.69) is 11.8 Å². The maximum Gasteiger partial charge on any atom is 0.242 e. The SMILES string of the molecule is CC1CCCC(N)(C(=O)N2CCN(C3CC3)CC2)C1. The lowest BCUT2D eigenvalue weighted by Gasteiger charge is -2.42. The third-order valence-electron chi connectivity index (χ3n) is 5.12. The van der Waals surface area contributed by atoms with E-state index in [4.69, 9.17) is 5.73 Å². The van der Waals surface area contributed by atoms with Crippen molar-refractivity contribution in [3.8, 4) is 0 Å². The smallest absolute Gasteiger partial charge is 0.242 e. The highest BCUT2D eigenvalue weighted by Gasteiger charge is 2.42. The number of carbonyl (C=O) groups excluding carboxylic acids is 1. The minimum absolute atomic E-state index is 0.217. The lowest BCUT2D eigenvalue weighted by Crippen LogP contribution is -2.61. The second kappa shape index (κ2) is 5.06. The Labute approximate surface area is 116 Å². The summed E-state index contributed by atoms with van der Waals surface area (Å²) in [4.78, 5) is 17.3. The summed E-state index contributed by atoms with van der Waals surface area (Å²) in [5.41, 5.74) is 5.86. The fourth-order valence-electron chi connectivity index (χ4n) is 3.83. The molecule has 3 rings (SSSR count). The van der Waals surface area contributed by atoms with Crippen LogP contribution in [-0.4, -0.2) is 53.5 Å². The van der Waals surface area contributed by atoms with E-state index in [9.17, 15) is 4.79 Å². The second-order valence-corrected chi connectivity index (χ2v) is 6.92. The summed E-state index contributed by atoms with van der Waals surface area (Å²) in [5.74, 6) is 0.810. The summed E-state index contributed by atoms with van der Waals surface area (Å²) in [6.45, 7) is 6.06. The molecule has 3 fully saturated rings. The first-order valence-electron chi connectivity index (χ1n) is 7.91. The first-order chi connectivity index (χ1) is 9.08. The van der Waals surface area contributed by atoms with Gasteiger partial charge in [0.05, 0.1) is 5.54 Å². The summed E-state index contributed by atoms with van der Waals surface area (Å²) in [5, 5.41) is 0. The predicted octanol–water partition coefficient (Wildman–Crippen LogP) is 1.20. The molecule has 2 saturated carbocycles. The molecule has 0 aromatic rings. The van der Waals surface area contributed by atoms with E-state index in [1.54, 1.807) is 0 Å². The van der Waals surface area contributed by atoms with Gasteiger partial charge in [0.2, 0.25) is 5.91 Å². The molecular formula is C15H27N3O. The molecule has 3 aliphatic rings. The number of piperazine rings is 1. The third-order valence-corrected chi connectivity index (χ3v) is 5.12. The van der Waals surface area contributed by atoms with Gasteiger partial charge < -0.3 is 10.6 Å². The average molecular weight is 265 g/mol. The van der Waals surface area contributed by atoms with Crippen LogP contribution in [0.2, 0.25) is 0 Å². The number of carbonyl (C=O) groups is 1. The minimum atomic E-state index is -0.570. The van der Waals surface area contributed by atoms with Crippen molar-refractivity contribution in [2.75, 3.05) is 26.2 Å². The normalized spacial score (nSPS) is 37.4. The molecule has 0 aromatic heterocycles. The molecule has 2 unspecified atom stereocenters. The zero-order chi connectivity index (χ0) is 13.5. The van der Waals surface area contributed by atoms with E-state index in [-0.39, 0.29) is 5.91 Å². The number of hydrogen-bond acceptors (Lipinski definition) is 3. The molecule has 1 aliphatic heterocycles. The Kier molecular flexibility index (Phi) is 3.56. The van der Waals surface area contributed by atoms with Crippen LogP contribution in [0.1, 0.15) is 45.4 Å². The second-order valence-electron chi connectivity index (χ2n) is 6.92. The van der Waals surface area contributed by atoms with Crippen LogP contribution < -0.4 is 5.73 Å². The van der Waals surface area contributed by atoms with Crippen LogP contribution in [-0.2, 0) is 4.79 Å². The molecule has 2 atom stereocenters. The lowest BCUT2D eigenvalue weighted by atomic mass is 9.76. The Morgan fingerprint density at radius 1 is 1.16 bits per heavy atom. The third kappa shape index (κ3) is 2.79. The molecule has 0 bridgehead atoms. The van der Waals surface area contributed by atoms with Gasteiger partial charge >= 0.3 is 0 Å². The van der Waals surface area contributed by atoms with Gasteiger partial charge in [-0.3, -0.25) is 9.69 Å². The quantitative estimate of drug-likeness (QED) is 0.816. The fourth-order valence-corrected chi connectivity index (χ4v) is 3.83. The minimum Gasteiger partial charge on any atom is -0.339 e. The largest absolute Gasteiger partial charge is 0.339 e. The molecule has 4 nitrogen and oxygen atoms in total. The van der Waals surface area contributed by atoms with Crippen molar-refractivity contribution in [1.29, 1.82) is 0 Å². The van der Waals surface area contributed by atoms with Gasteiger partial charge in [0.1, 0.15) is 0 Å². The van der Waals surface area contributed by atoms with Crippen LogP contribution in [0.3, 0.4) is 0 Å². The molecule has 108 valence electrons. The van der Waals surface area contributed by atoms with Gasteiger partial charge in [-0.1, -0.05) is 19.8 Å².